The summed E-state index contributed by atoms with van der Waals surface area (Å²) in [7, 11) is -6.40. The lowest BCUT2D eigenvalue weighted by molar-refractivity contribution is -0.120. The van der Waals surface area contributed by atoms with Crippen LogP contribution in [0.25, 0.3) is 0 Å². The number of carbonyl (C=O) groups is 1. The van der Waals surface area contributed by atoms with Gasteiger partial charge in [-0.25, -0.2) is 0 Å². The summed E-state index contributed by atoms with van der Waals surface area (Å²) in [6.07, 6.45) is 5.77. The molecule has 1 aliphatic carbocycles. The largest absolute Gasteiger partial charge is 0.309 e. The Bertz CT molecular complexity index is 1020. The van der Waals surface area contributed by atoms with Gasteiger partial charge >= 0.3 is 0 Å². The first kappa shape index (κ1) is 15.4. The molecule has 1 heterocycles. The first-order valence-corrected chi connectivity index (χ1v) is 8.98. The zero-order valence-corrected chi connectivity index (χ0v) is 13.1. The molecule has 1 N–H and O–H groups in total. The molecular formula is C14H10N2O5S2. The number of benzene rings is 1. The standard InChI is InChI=1S/C14H10N2O5S2/c17-14(9-5-1-3-7-11(9)22(18)19)15-13-10-6-2-4-8-12(10)23(20,21)16-13/h1-9H,(H,15,16,17). The van der Waals surface area contributed by atoms with Gasteiger partial charge in [0.05, 0.1) is 10.8 Å². The second-order valence-electron chi connectivity index (χ2n) is 4.76. The molecule has 118 valence electrons. The molecule has 1 aromatic rings. The van der Waals surface area contributed by atoms with Crippen molar-refractivity contribution in [2.75, 3.05) is 0 Å². The van der Waals surface area contributed by atoms with Crippen molar-refractivity contribution in [2.24, 2.45) is 10.3 Å². The lowest BCUT2D eigenvalue weighted by Gasteiger charge is -2.13. The van der Waals surface area contributed by atoms with Gasteiger partial charge in [-0.3, -0.25) is 4.79 Å². The quantitative estimate of drug-likeness (QED) is 0.720. The molecule has 0 fully saturated rings. The SMILES string of the molecule is O=C(NC1=NS(=O)(=O)c2ccccc21)C1C=CC=CC1=S(=O)=O. The fourth-order valence-electron chi connectivity index (χ4n) is 2.29. The number of amides is 1. The van der Waals surface area contributed by atoms with Gasteiger partial charge in [-0.05, 0) is 18.2 Å². The Morgan fingerprint density at radius 1 is 1.17 bits per heavy atom. The molecule has 1 aromatic carbocycles. The first-order valence-electron chi connectivity index (χ1n) is 6.46. The van der Waals surface area contributed by atoms with E-state index in [0.717, 1.165) is 0 Å². The zero-order valence-electron chi connectivity index (χ0n) is 11.5. The Kier molecular flexibility index (Phi) is 3.74. The summed E-state index contributed by atoms with van der Waals surface area (Å²) in [5.41, 5.74) is 0.279. The molecule has 7 nitrogen and oxygen atoms in total. The highest BCUT2D eigenvalue weighted by Gasteiger charge is 2.31. The summed E-state index contributed by atoms with van der Waals surface area (Å²) < 4.78 is 49.8. The van der Waals surface area contributed by atoms with Crippen LogP contribution in [-0.4, -0.2) is 33.4 Å². The second-order valence-corrected chi connectivity index (χ2v) is 7.27. The molecule has 2 aliphatic rings. The van der Waals surface area contributed by atoms with Gasteiger partial charge in [0, 0.05) is 5.56 Å². The van der Waals surface area contributed by atoms with Crippen LogP contribution in [0.1, 0.15) is 5.56 Å². The average molecular weight is 350 g/mol. The molecule has 1 unspecified atom stereocenters. The number of nitrogens with one attached hydrogen (secondary N) is 1. The van der Waals surface area contributed by atoms with Crippen LogP contribution < -0.4 is 5.32 Å². The van der Waals surface area contributed by atoms with E-state index in [0.29, 0.717) is 0 Å². The lowest BCUT2D eigenvalue weighted by atomic mass is 9.99. The lowest BCUT2D eigenvalue weighted by Crippen LogP contribution is -2.38. The highest BCUT2D eigenvalue weighted by molar-refractivity contribution is 7.90. The molecule has 0 spiro atoms. The minimum Gasteiger partial charge on any atom is -0.309 e. The molecule has 0 saturated carbocycles. The van der Waals surface area contributed by atoms with Crippen LogP contribution in [0.3, 0.4) is 0 Å². The van der Waals surface area contributed by atoms with Gasteiger partial charge in [0.15, 0.2) is 5.84 Å². The number of carbonyl (C=O) groups excluding carboxylic acids is 1. The van der Waals surface area contributed by atoms with Gasteiger partial charge in [0.2, 0.25) is 16.2 Å². The Morgan fingerprint density at radius 2 is 1.91 bits per heavy atom. The van der Waals surface area contributed by atoms with E-state index in [-0.39, 0.29) is 21.2 Å². The molecule has 1 amide bonds. The predicted octanol–water partition coefficient (Wildman–Crippen LogP) is 0.0454. The van der Waals surface area contributed by atoms with Crippen LogP contribution in [0.2, 0.25) is 0 Å². The van der Waals surface area contributed by atoms with E-state index in [4.69, 9.17) is 0 Å². The van der Waals surface area contributed by atoms with E-state index in [1.165, 1.54) is 30.4 Å². The maximum Gasteiger partial charge on any atom is 0.285 e. The van der Waals surface area contributed by atoms with Crippen LogP contribution >= 0.6 is 0 Å². The molecule has 1 aliphatic heterocycles. The van der Waals surface area contributed by atoms with E-state index in [1.807, 2.05) is 0 Å². The summed E-state index contributed by atoms with van der Waals surface area (Å²) in [6.45, 7) is 0. The maximum absolute atomic E-state index is 12.3. The number of hydrogen-bond acceptors (Lipinski definition) is 5. The van der Waals surface area contributed by atoms with Crippen LogP contribution in [0.15, 0.2) is 57.9 Å². The van der Waals surface area contributed by atoms with Gasteiger partial charge in [0.25, 0.3) is 10.0 Å². The second kappa shape index (κ2) is 5.60. The van der Waals surface area contributed by atoms with Crippen LogP contribution in [0.4, 0.5) is 0 Å². The van der Waals surface area contributed by atoms with Crippen LogP contribution in [-0.2, 0) is 25.1 Å². The highest BCUT2D eigenvalue weighted by Crippen LogP contribution is 2.25. The third-order valence-corrected chi connectivity index (χ3v) is 5.44. The number of allylic oxidation sites excluding steroid dienone is 3. The minimum absolute atomic E-state index is 0.00554. The smallest absolute Gasteiger partial charge is 0.285 e. The molecule has 1 atom stereocenters. The van der Waals surface area contributed by atoms with Crippen molar-refractivity contribution < 1.29 is 21.6 Å². The Balaban J connectivity index is 1.95. The number of rotatable bonds is 1. The third kappa shape index (κ3) is 2.76. The highest BCUT2D eigenvalue weighted by atomic mass is 32.2. The molecule has 0 radical (unpaired) electrons. The summed E-state index contributed by atoms with van der Waals surface area (Å²) in [5, 5.41) is 2.40. The summed E-state index contributed by atoms with van der Waals surface area (Å²) in [6, 6.07) is 6.08. The van der Waals surface area contributed by atoms with Crippen molar-refractivity contribution in [2.45, 2.75) is 4.90 Å². The molecular weight excluding hydrogens is 340 g/mol. The molecule has 0 saturated heterocycles. The van der Waals surface area contributed by atoms with Crippen molar-refractivity contribution >= 4 is 36.9 Å². The van der Waals surface area contributed by atoms with Crippen LogP contribution in [0.5, 0.6) is 0 Å². The Hall–Kier alpha value is -2.52. The van der Waals surface area contributed by atoms with Crippen molar-refractivity contribution in [1.29, 1.82) is 0 Å². The molecule has 0 bridgehead atoms. The molecule has 3 rings (SSSR count). The summed E-state index contributed by atoms with van der Waals surface area (Å²) >= 11 is 0. The molecule has 23 heavy (non-hydrogen) atoms. The number of sulfonamides is 1. The Labute approximate surface area is 133 Å². The van der Waals surface area contributed by atoms with E-state index in [2.05, 4.69) is 9.71 Å². The van der Waals surface area contributed by atoms with Gasteiger partial charge in [-0.2, -0.15) is 16.8 Å². The fraction of sp³-hybridized carbons (Fsp3) is 0.0714. The van der Waals surface area contributed by atoms with E-state index >= 15 is 0 Å². The maximum atomic E-state index is 12.3. The first-order chi connectivity index (χ1) is 10.9. The van der Waals surface area contributed by atoms with Gasteiger partial charge in [0.1, 0.15) is 4.90 Å². The number of hydrogen-bond donors (Lipinski definition) is 1. The average Bonchev–Trinajstić information content (AvgIpc) is 2.78. The number of fused-ring (bicyclic) bond motifs is 1. The van der Waals surface area contributed by atoms with E-state index < -0.39 is 32.1 Å². The predicted molar refractivity (Wildman–Crippen MR) is 84.0 cm³/mol. The van der Waals surface area contributed by atoms with Crippen molar-refractivity contribution in [3.8, 4) is 0 Å². The van der Waals surface area contributed by atoms with Gasteiger partial charge in [-0.15, -0.1) is 4.40 Å². The minimum atomic E-state index is -3.85. The van der Waals surface area contributed by atoms with Crippen molar-refractivity contribution in [1.82, 2.24) is 5.32 Å². The number of nitrogens with zero attached hydrogens (tertiary/aromatic N) is 1. The Morgan fingerprint density at radius 3 is 2.65 bits per heavy atom. The molecule has 0 aromatic heterocycles. The van der Waals surface area contributed by atoms with Gasteiger partial charge in [-0.1, -0.05) is 30.4 Å². The third-order valence-electron chi connectivity index (χ3n) is 3.33. The van der Waals surface area contributed by atoms with Crippen molar-refractivity contribution in [3.05, 3.63) is 54.1 Å². The number of amidine groups is 1. The van der Waals surface area contributed by atoms with Crippen LogP contribution in [0, 0.1) is 5.92 Å². The summed E-state index contributed by atoms with van der Waals surface area (Å²) in [5.74, 6) is -1.81. The normalized spacial score (nSPS) is 20.8. The topological polar surface area (TPSA) is 110 Å². The van der Waals surface area contributed by atoms with E-state index in [9.17, 15) is 21.6 Å². The summed E-state index contributed by atoms with van der Waals surface area (Å²) in [4.78, 5) is 12.2. The van der Waals surface area contributed by atoms with Gasteiger partial charge < -0.3 is 5.32 Å². The van der Waals surface area contributed by atoms with E-state index in [1.54, 1.807) is 18.2 Å². The molecule has 9 heteroatoms. The zero-order chi connectivity index (χ0) is 16.6. The monoisotopic (exact) mass is 350 g/mol. The van der Waals surface area contributed by atoms with Crippen molar-refractivity contribution in [3.63, 3.8) is 0 Å². The fourth-order valence-corrected chi connectivity index (χ4v) is 4.05.